The van der Waals surface area contributed by atoms with Gasteiger partial charge in [0, 0.05) is 6.54 Å². The van der Waals surface area contributed by atoms with Crippen molar-refractivity contribution in [2.24, 2.45) is 0 Å². The standard InChI is InChI=1S/C58H56N2O15/c1-37(68-51(61)40-26-14-6-15-27-40)46-49(72-54(64)43-32-20-9-21-33-43)50-58(73-46,75-57(2,3)74-50)59-34-44-47(70-52(62)41-28-16-7-17-29-41)48(71-53(63)42-30-18-8-19-31-42)45(55(69-44)66-35-38-22-10-4-11-23-38)60-56(65)67-36-39-24-12-5-13-25-39/h4-33,37,44-50,55,59H,34-36H2,1-3H3,(H,60,65)/t37-,44-,45-,46-,47-,48-,49+,50-,55+,58-/m1/s1. The quantitative estimate of drug-likeness (QED) is 0.0620. The van der Waals surface area contributed by atoms with E-state index < -0.39 is 96.7 Å². The van der Waals surface area contributed by atoms with Gasteiger partial charge in [0.05, 0.1) is 28.9 Å². The molecular weight excluding hydrogens is 965 g/mol. The van der Waals surface area contributed by atoms with Crippen molar-refractivity contribution < 1.29 is 71.3 Å². The van der Waals surface area contributed by atoms with Gasteiger partial charge in [-0.15, -0.1) is 0 Å². The third-order valence-electron chi connectivity index (χ3n) is 12.6. The second-order valence-corrected chi connectivity index (χ2v) is 18.4. The third-order valence-corrected chi connectivity index (χ3v) is 12.6. The van der Waals surface area contributed by atoms with Crippen molar-refractivity contribution in [2.75, 3.05) is 6.54 Å². The first-order chi connectivity index (χ1) is 36.3. The zero-order valence-electron chi connectivity index (χ0n) is 41.3. The van der Waals surface area contributed by atoms with Crippen LogP contribution in [0, 0.1) is 0 Å². The van der Waals surface area contributed by atoms with Gasteiger partial charge in [-0.3, -0.25) is 5.32 Å². The molecule has 0 radical (unpaired) electrons. The number of nitrogens with one attached hydrogen (secondary N) is 2. The van der Waals surface area contributed by atoms with E-state index in [0.717, 1.165) is 5.56 Å². The molecule has 3 heterocycles. The number of hydrogen-bond donors (Lipinski definition) is 2. The van der Waals surface area contributed by atoms with Crippen molar-refractivity contribution in [2.45, 2.75) is 101 Å². The minimum Gasteiger partial charge on any atom is -0.456 e. The van der Waals surface area contributed by atoms with Crippen molar-refractivity contribution in [1.29, 1.82) is 0 Å². The van der Waals surface area contributed by atoms with Gasteiger partial charge in [0.2, 0.25) is 0 Å². The monoisotopic (exact) mass is 1020 g/mol. The summed E-state index contributed by atoms with van der Waals surface area (Å²) in [7, 11) is 0. The molecule has 0 spiro atoms. The van der Waals surface area contributed by atoms with Crippen LogP contribution in [0.15, 0.2) is 182 Å². The van der Waals surface area contributed by atoms with Crippen LogP contribution in [0.3, 0.4) is 0 Å². The second-order valence-electron chi connectivity index (χ2n) is 18.4. The molecule has 3 aliphatic heterocycles. The zero-order chi connectivity index (χ0) is 52.4. The fourth-order valence-corrected chi connectivity index (χ4v) is 9.03. The molecule has 1 amide bonds. The van der Waals surface area contributed by atoms with Gasteiger partial charge in [0.1, 0.15) is 31.0 Å². The number of hydrogen-bond acceptors (Lipinski definition) is 16. The average molecular weight is 1020 g/mol. The lowest BCUT2D eigenvalue weighted by Gasteiger charge is -2.46. The maximum Gasteiger partial charge on any atom is 0.407 e. The molecule has 17 nitrogen and oxygen atoms in total. The first-order valence-electron chi connectivity index (χ1n) is 24.5. The Labute approximate surface area is 433 Å². The fourth-order valence-electron chi connectivity index (χ4n) is 9.03. The summed E-state index contributed by atoms with van der Waals surface area (Å²) >= 11 is 0. The molecule has 0 aliphatic carbocycles. The zero-order valence-corrected chi connectivity index (χ0v) is 41.3. The number of benzene rings is 6. The highest BCUT2D eigenvalue weighted by Crippen LogP contribution is 2.47. The SMILES string of the molecule is C[C@@H](OC(=O)c1ccccc1)[C@H]1O[C@@]2(NC[C@H]3O[C@H](OCc4ccccc4)[C@H](NC(=O)OCc4ccccc4)[C@@H](OC(=O)c4ccccc4)[C@@H]3OC(=O)c3ccccc3)OC(C)(C)O[C@@H]2[C@H]1OC(=O)c1ccccc1. The molecule has 0 bridgehead atoms. The maximum atomic E-state index is 14.3. The van der Waals surface area contributed by atoms with E-state index in [9.17, 15) is 24.0 Å². The molecule has 3 aliphatic rings. The van der Waals surface area contributed by atoms with E-state index in [2.05, 4.69) is 10.6 Å². The first kappa shape index (κ1) is 52.1. The molecule has 75 heavy (non-hydrogen) atoms. The topological polar surface area (TPSA) is 202 Å². The molecule has 6 aromatic carbocycles. The molecule has 9 rings (SSSR count). The molecule has 17 heteroatoms. The lowest BCUT2D eigenvalue weighted by atomic mass is 9.95. The summed E-state index contributed by atoms with van der Waals surface area (Å²) in [4.78, 5) is 70.0. The Morgan fingerprint density at radius 2 is 0.987 bits per heavy atom. The van der Waals surface area contributed by atoms with Crippen molar-refractivity contribution >= 4 is 30.0 Å². The summed E-state index contributed by atoms with van der Waals surface area (Å²) in [6, 6.07) is 49.8. The number of esters is 4. The Balaban J connectivity index is 1.09. The Morgan fingerprint density at radius 3 is 1.49 bits per heavy atom. The summed E-state index contributed by atoms with van der Waals surface area (Å²) < 4.78 is 63.8. The van der Waals surface area contributed by atoms with Crippen LogP contribution in [0.1, 0.15) is 73.3 Å². The normalized spacial score (nSPS) is 24.9. The van der Waals surface area contributed by atoms with E-state index in [1.54, 1.807) is 166 Å². The van der Waals surface area contributed by atoms with Gasteiger partial charge < -0.3 is 52.7 Å². The van der Waals surface area contributed by atoms with E-state index in [0.29, 0.717) is 5.56 Å². The highest BCUT2D eigenvalue weighted by molar-refractivity contribution is 5.91. The van der Waals surface area contributed by atoms with Crippen LogP contribution in [-0.2, 0) is 60.6 Å². The van der Waals surface area contributed by atoms with Crippen LogP contribution in [0.5, 0.6) is 0 Å². The van der Waals surface area contributed by atoms with Gasteiger partial charge in [-0.25, -0.2) is 24.0 Å². The van der Waals surface area contributed by atoms with Crippen molar-refractivity contribution in [3.05, 3.63) is 215 Å². The van der Waals surface area contributed by atoms with Gasteiger partial charge in [0.15, 0.2) is 36.5 Å². The molecule has 3 fully saturated rings. The molecule has 0 aromatic heterocycles. The molecule has 0 saturated carbocycles. The molecular formula is C58H56N2O15. The van der Waals surface area contributed by atoms with Gasteiger partial charge in [0.25, 0.3) is 5.91 Å². The largest absolute Gasteiger partial charge is 0.456 e. The third kappa shape index (κ3) is 12.8. The van der Waals surface area contributed by atoms with Gasteiger partial charge >= 0.3 is 30.0 Å². The Kier molecular flexibility index (Phi) is 16.4. The highest BCUT2D eigenvalue weighted by Gasteiger charge is 2.68. The minimum atomic E-state index is -1.99. The maximum absolute atomic E-state index is 14.3. The average Bonchev–Trinajstić information content (AvgIpc) is 3.88. The molecule has 6 aromatic rings. The summed E-state index contributed by atoms with van der Waals surface area (Å²) in [5, 5.41) is 6.12. The highest BCUT2D eigenvalue weighted by atomic mass is 16.9. The van der Waals surface area contributed by atoms with Crippen LogP contribution in [0.25, 0.3) is 0 Å². The summed E-state index contributed by atoms with van der Waals surface area (Å²) in [5.74, 6) is -6.40. The minimum absolute atomic E-state index is 0.0489. The van der Waals surface area contributed by atoms with Crippen LogP contribution >= 0.6 is 0 Å². The number of ether oxygens (including phenoxy) is 10. The Hall–Kier alpha value is -7.77. The van der Waals surface area contributed by atoms with E-state index in [4.69, 9.17) is 47.4 Å². The molecule has 10 atom stereocenters. The van der Waals surface area contributed by atoms with E-state index in [1.807, 2.05) is 36.4 Å². The number of fused-ring (bicyclic) bond motifs is 1. The van der Waals surface area contributed by atoms with Crippen LogP contribution in [-0.4, -0.2) is 103 Å². The number of rotatable bonds is 18. The summed E-state index contributed by atoms with van der Waals surface area (Å²) in [6.07, 6.45) is -11.6. The number of alkyl carbamates (subject to hydrolysis) is 1. The molecule has 0 unspecified atom stereocenters. The summed E-state index contributed by atoms with van der Waals surface area (Å²) in [6.45, 7) is 4.37. The van der Waals surface area contributed by atoms with E-state index in [-0.39, 0.29) is 42.0 Å². The number of carbonyl (C=O) groups excluding carboxylic acids is 5. The lowest BCUT2D eigenvalue weighted by Crippen LogP contribution is -2.68. The van der Waals surface area contributed by atoms with Crippen molar-refractivity contribution in [3.8, 4) is 0 Å². The molecule has 2 N–H and O–H groups in total. The lowest BCUT2D eigenvalue weighted by molar-refractivity contribution is -0.294. The predicted octanol–water partition coefficient (Wildman–Crippen LogP) is 7.94. The molecule has 388 valence electrons. The van der Waals surface area contributed by atoms with E-state index >= 15 is 0 Å². The fraction of sp³-hybridized carbons (Fsp3) is 0.293. The predicted molar refractivity (Wildman–Crippen MR) is 267 cm³/mol. The Bertz CT molecular complexity index is 2870. The van der Waals surface area contributed by atoms with Crippen LogP contribution in [0.4, 0.5) is 4.79 Å². The molecule has 3 saturated heterocycles. The Morgan fingerprint density at radius 1 is 0.547 bits per heavy atom. The second kappa shape index (κ2) is 23.6. The summed E-state index contributed by atoms with van der Waals surface area (Å²) in [5.41, 5.74) is 2.26. The van der Waals surface area contributed by atoms with Crippen LogP contribution in [0.2, 0.25) is 0 Å². The number of amides is 1. The number of carbonyl (C=O) groups is 5. The van der Waals surface area contributed by atoms with Gasteiger partial charge in [-0.05, 0) is 80.4 Å². The van der Waals surface area contributed by atoms with E-state index in [1.165, 1.54) is 0 Å². The van der Waals surface area contributed by atoms with Crippen LogP contribution < -0.4 is 10.6 Å². The van der Waals surface area contributed by atoms with Gasteiger partial charge in [-0.1, -0.05) is 133 Å². The first-order valence-corrected chi connectivity index (χ1v) is 24.5. The van der Waals surface area contributed by atoms with Crippen molar-refractivity contribution in [3.63, 3.8) is 0 Å². The van der Waals surface area contributed by atoms with Crippen molar-refractivity contribution in [1.82, 2.24) is 10.6 Å². The smallest absolute Gasteiger partial charge is 0.407 e. The van der Waals surface area contributed by atoms with Gasteiger partial charge in [-0.2, -0.15) is 0 Å².